The second kappa shape index (κ2) is 4.01. The van der Waals surface area contributed by atoms with Gasteiger partial charge in [0.15, 0.2) is 0 Å². The molecule has 0 saturated heterocycles. The third-order valence-corrected chi connectivity index (χ3v) is 1.83. The van der Waals surface area contributed by atoms with Crippen LogP contribution in [0.2, 0.25) is 0 Å². The van der Waals surface area contributed by atoms with Crippen LogP contribution in [0.1, 0.15) is 10.4 Å². The van der Waals surface area contributed by atoms with Crippen molar-refractivity contribution in [3.8, 4) is 0 Å². The van der Waals surface area contributed by atoms with E-state index in [4.69, 9.17) is 5.73 Å². The quantitative estimate of drug-likeness (QED) is 0.696. The van der Waals surface area contributed by atoms with Crippen molar-refractivity contribution in [3.05, 3.63) is 29.8 Å². The molecule has 0 aliphatic rings. The summed E-state index contributed by atoms with van der Waals surface area (Å²) in [6.07, 6.45) is 1.93. The molecule has 1 aromatic carbocycles. The minimum Gasteiger partial charge on any atom is -0.366 e. The Labute approximate surface area is 75.5 Å². The number of amides is 1. The SMILES string of the molecule is CSNc1ccc(C(N)=O)cc1. The van der Waals surface area contributed by atoms with Gasteiger partial charge in [0.2, 0.25) is 5.91 Å². The van der Waals surface area contributed by atoms with Crippen molar-refractivity contribution < 1.29 is 4.79 Å². The number of hydrogen-bond acceptors (Lipinski definition) is 3. The molecule has 0 fully saturated rings. The van der Waals surface area contributed by atoms with Crippen molar-refractivity contribution in [2.45, 2.75) is 0 Å². The van der Waals surface area contributed by atoms with Crippen molar-refractivity contribution >= 4 is 23.5 Å². The second-order valence-corrected chi connectivity index (χ2v) is 2.86. The Morgan fingerprint density at radius 2 is 2.00 bits per heavy atom. The van der Waals surface area contributed by atoms with E-state index in [1.807, 2.05) is 18.4 Å². The molecule has 0 aromatic heterocycles. The number of carbonyl (C=O) groups excluding carboxylic acids is 1. The average Bonchev–Trinajstić information content (AvgIpc) is 2.06. The highest BCUT2D eigenvalue weighted by molar-refractivity contribution is 7.99. The highest BCUT2D eigenvalue weighted by Crippen LogP contribution is 2.11. The Kier molecular flexibility index (Phi) is 2.99. The van der Waals surface area contributed by atoms with E-state index >= 15 is 0 Å². The average molecular weight is 182 g/mol. The van der Waals surface area contributed by atoms with Crippen molar-refractivity contribution in [1.29, 1.82) is 0 Å². The van der Waals surface area contributed by atoms with E-state index in [-0.39, 0.29) is 0 Å². The summed E-state index contributed by atoms with van der Waals surface area (Å²) < 4.78 is 3.04. The van der Waals surface area contributed by atoms with E-state index in [1.54, 1.807) is 12.1 Å². The van der Waals surface area contributed by atoms with Gasteiger partial charge in [-0.2, -0.15) is 0 Å². The zero-order valence-electron chi connectivity index (χ0n) is 6.70. The van der Waals surface area contributed by atoms with Gasteiger partial charge in [0.05, 0.1) is 0 Å². The molecule has 0 heterocycles. The zero-order valence-corrected chi connectivity index (χ0v) is 7.52. The van der Waals surface area contributed by atoms with Crippen LogP contribution in [0.3, 0.4) is 0 Å². The van der Waals surface area contributed by atoms with E-state index in [0.717, 1.165) is 5.69 Å². The minimum atomic E-state index is -0.397. The van der Waals surface area contributed by atoms with Gasteiger partial charge in [0.1, 0.15) is 0 Å². The van der Waals surface area contributed by atoms with Gasteiger partial charge < -0.3 is 10.5 Å². The lowest BCUT2D eigenvalue weighted by Crippen LogP contribution is -2.10. The van der Waals surface area contributed by atoms with Crippen LogP contribution in [0.4, 0.5) is 5.69 Å². The molecular weight excluding hydrogens is 172 g/mol. The monoisotopic (exact) mass is 182 g/mol. The number of anilines is 1. The molecule has 0 spiro atoms. The van der Waals surface area contributed by atoms with Crippen LogP contribution < -0.4 is 10.5 Å². The standard InChI is InChI=1S/C8H10N2OS/c1-12-10-7-4-2-6(3-5-7)8(9)11/h2-5,10H,1H3,(H2,9,11). The number of benzene rings is 1. The van der Waals surface area contributed by atoms with Crippen LogP contribution in [0.15, 0.2) is 24.3 Å². The van der Waals surface area contributed by atoms with Crippen molar-refractivity contribution in [2.24, 2.45) is 5.73 Å². The highest BCUT2D eigenvalue weighted by atomic mass is 32.2. The molecule has 64 valence electrons. The normalized spacial score (nSPS) is 9.42. The van der Waals surface area contributed by atoms with E-state index in [1.165, 1.54) is 11.9 Å². The molecular formula is C8H10N2OS. The Hall–Kier alpha value is -1.16. The molecule has 0 unspecified atom stereocenters. The first-order chi connectivity index (χ1) is 5.74. The minimum absolute atomic E-state index is 0.397. The van der Waals surface area contributed by atoms with Crippen LogP contribution >= 0.6 is 11.9 Å². The van der Waals surface area contributed by atoms with Crippen molar-refractivity contribution in [1.82, 2.24) is 0 Å². The van der Waals surface area contributed by atoms with Crippen LogP contribution in [-0.4, -0.2) is 12.2 Å². The molecule has 0 radical (unpaired) electrons. The fourth-order valence-electron chi connectivity index (χ4n) is 0.820. The molecule has 0 bridgehead atoms. The molecule has 12 heavy (non-hydrogen) atoms. The second-order valence-electron chi connectivity index (χ2n) is 2.25. The first-order valence-corrected chi connectivity index (χ1v) is 4.65. The molecule has 0 aliphatic carbocycles. The van der Waals surface area contributed by atoms with Crippen molar-refractivity contribution in [2.75, 3.05) is 11.0 Å². The topological polar surface area (TPSA) is 55.1 Å². The first-order valence-electron chi connectivity index (χ1n) is 3.43. The zero-order chi connectivity index (χ0) is 8.97. The van der Waals surface area contributed by atoms with Crippen LogP contribution in [0, 0.1) is 0 Å². The summed E-state index contributed by atoms with van der Waals surface area (Å²) in [6.45, 7) is 0. The van der Waals surface area contributed by atoms with Crippen LogP contribution in [0.5, 0.6) is 0 Å². The Balaban J connectivity index is 2.78. The number of nitrogens with two attached hydrogens (primary N) is 1. The Bertz CT molecular complexity index is 271. The summed E-state index contributed by atoms with van der Waals surface area (Å²) in [6, 6.07) is 7.02. The van der Waals surface area contributed by atoms with E-state index < -0.39 is 5.91 Å². The lowest BCUT2D eigenvalue weighted by molar-refractivity contribution is 0.100. The fraction of sp³-hybridized carbons (Fsp3) is 0.125. The van der Waals surface area contributed by atoms with E-state index in [2.05, 4.69) is 4.72 Å². The summed E-state index contributed by atoms with van der Waals surface area (Å²) in [5.41, 5.74) is 6.57. The number of primary amides is 1. The van der Waals surface area contributed by atoms with Gasteiger partial charge in [-0.1, -0.05) is 11.9 Å². The third-order valence-electron chi connectivity index (χ3n) is 1.39. The summed E-state index contributed by atoms with van der Waals surface area (Å²) in [5, 5.41) is 0. The predicted molar refractivity (Wildman–Crippen MR) is 52.1 cm³/mol. The maximum absolute atomic E-state index is 10.7. The molecule has 0 saturated carbocycles. The molecule has 4 heteroatoms. The van der Waals surface area contributed by atoms with Crippen LogP contribution in [0.25, 0.3) is 0 Å². The lowest BCUT2D eigenvalue weighted by Gasteiger charge is -2.01. The van der Waals surface area contributed by atoms with Gasteiger partial charge in [-0.3, -0.25) is 4.79 Å². The summed E-state index contributed by atoms with van der Waals surface area (Å²) in [4.78, 5) is 10.7. The third kappa shape index (κ3) is 2.17. The van der Waals surface area contributed by atoms with E-state index in [9.17, 15) is 4.79 Å². The largest absolute Gasteiger partial charge is 0.366 e. The molecule has 3 nitrogen and oxygen atoms in total. The smallest absolute Gasteiger partial charge is 0.248 e. The van der Waals surface area contributed by atoms with Gasteiger partial charge in [-0.25, -0.2) is 0 Å². The van der Waals surface area contributed by atoms with Gasteiger partial charge in [0.25, 0.3) is 0 Å². The maximum Gasteiger partial charge on any atom is 0.248 e. The lowest BCUT2D eigenvalue weighted by atomic mass is 10.2. The summed E-state index contributed by atoms with van der Waals surface area (Å²) in [7, 11) is 0. The molecule has 3 N–H and O–H groups in total. The number of rotatable bonds is 3. The number of nitrogens with one attached hydrogen (secondary N) is 1. The molecule has 1 aromatic rings. The number of hydrogen-bond donors (Lipinski definition) is 2. The van der Waals surface area contributed by atoms with Crippen molar-refractivity contribution in [3.63, 3.8) is 0 Å². The fourth-order valence-corrected chi connectivity index (χ4v) is 1.19. The Morgan fingerprint density at radius 3 is 2.42 bits per heavy atom. The molecule has 0 atom stereocenters. The van der Waals surface area contributed by atoms with E-state index in [0.29, 0.717) is 5.56 Å². The predicted octanol–water partition coefficient (Wildman–Crippen LogP) is 1.48. The van der Waals surface area contributed by atoms with Gasteiger partial charge >= 0.3 is 0 Å². The highest BCUT2D eigenvalue weighted by Gasteiger charge is 1.97. The molecule has 0 aliphatic heterocycles. The first kappa shape index (κ1) is 8.93. The number of carbonyl (C=O) groups is 1. The van der Waals surface area contributed by atoms with Gasteiger partial charge in [-0.15, -0.1) is 0 Å². The van der Waals surface area contributed by atoms with Gasteiger partial charge in [-0.05, 0) is 24.3 Å². The van der Waals surface area contributed by atoms with Gasteiger partial charge in [0, 0.05) is 17.5 Å². The molecule has 1 amide bonds. The summed E-state index contributed by atoms with van der Waals surface area (Å²) >= 11 is 1.50. The van der Waals surface area contributed by atoms with Crippen LogP contribution in [-0.2, 0) is 0 Å². The summed E-state index contributed by atoms with van der Waals surface area (Å²) in [5.74, 6) is -0.397. The Morgan fingerprint density at radius 1 is 1.42 bits per heavy atom. The molecule has 1 rings (SSSR count). The maximum atomic E-state index is 10.7.